The lowest BCUT2D eigenvalue weighted by atomic mass is 10.1. The van der Waals surface area contributed by atoms with Crippen molar-refractivity contribution in [1.82, 2.24) is 16.0 Å². The summed E-state index contributed by atoms with van der Waals surface area (Å²) in [6.45, 7) is 5.23. The van der Waals surface area contributed by atoms with E-state index in [0.717, 1.165) is 5.56 Å². The summed E-state index contributed by atoms with van der Waals surface area (Å²) < 4.78 is 5.01. The van der Waals surface area contributed by atoms with E-state index in [1.807, 2.05) is 0 Å². The Morgan fingerprint density at radius 1 is 1.08 bits per heavy atom. The van der Waals surface area contributed by atoms with E-state index < -0.39 is 24.0 Å². The van der Waals surface area contributed by atoms with Crippen molar-refractivity contribution < 1.29 is 23.9 Å². The molecule has 0 aromatic heterocycles. The zero-order valence-electron chi connectivity index (χ0n) is 13.8. The quantitative estimate of drug-likeness (QED) is 0.663. The molecule has 0 saturated heterocycles. The van der Waals surface area contributed by atoms with Gasteiger partial charge in [-0.1, -0.05) is 12.1 Å². The Morgan fingerprint density at radius 3 is 2.25 bits per heavy atom. The molecule has 0 aliphatic heterocycles. The Morgan fingerprint density at radius 2 is 1.71 bits per heavy atom. The van der Waals surface area contributed by atoms with Gasteiger partial charge in [0.2, 0.25) is 5.91 Å². The number of carbonyl (C=O) groups is 4. The zero-order valence-corrected chi connectivity index (χ0v) is 13.8. The smallest absolute Gasteiger partial charge is 0.338 e. The van der Waals surface area contributed by atoms with Crippen molar-refractivity contribution >= 4 is 23.8 Å². The predicted octanol–water partition coefficient (Wildman–Crippen LogP) is 0.714. The van der Waals surface area contributed by atoms with E-state index in [-0.39, 0.29) is 11.5 Å². The topological polar surface area (TPSA) is 114 Å². The lowest BCUT2D eigenvalue weighted by Crippen LogP contribution is -2.44. The van der Waals surface area contributed by atoms with E-state index >= 15 is 0 Å². The molecule has 0 heterocycles. The van der Waals surface area contributed by atoms with E-state index in [1.165, 1.54) is 26.0 Å². The van der Waals surface area contributed by atoms with Crippen LogP contribution in [0.4, 0.5) is 4.79 Å². The number of carbonyl (C=O) groups excluding carboxylic acids is 4. The van der Waals surface area contributed by atoms with Crippen LogP contribution in [0.1, 0.15) is 36.7 Å². The highest BCUT2D eigenvalue weighted by atomic mass is 16.5. The second-order valence-electron chi connectivity index (χ2n) is 5.00. The molecule has 24 heavy (non-hydrogen) atoms. The van der Waals surface area contributed by atoms with Crippen LogP contribution >= 0.6 is 0 Å². The molecule has 1 rings (SSSR count). The van der Waals surface area contributed by atoms with Crippen molar-refractivity contribution in [3.63, 3.8) is 0 Å². The van der Waals surface area contributed by atoms with Crippen LogP contribution in [0, 0.1) is 0 Å². The number of ether oxygens (including phenoxy) is 1. The summed E-state index contributed by atoms with van der Waals surface area (Å²) in [5.41, 5.74) is 1.09. The third-order valence-electron chi connectivity index (χ3n) is 2.96. The first-order chi connectivity index (χ1) is 11.3. The van der Waals surface area contributed by atoms with E-state index in [0.29, 0.717) is 13.1 Å². The van der Waals surface area contributed by atoms with Gasteiger partial charge in [-0.25, -0.2) is 9.59 Å². The van der Waals surface area contributed by atoms with Gasteiger partial charge >= 0.3 is 12.0 Å². The maximum atomic E-state index is 12.0. The number of amides is 4. The number of hydrogen-bond donors (Lipinski definition) is 3. The van der Waals surface area contributed by atoms with E-state index in [2.05, 4.69) is 16.0 Å². The molecule has 0 bridgehead atoms. The molecule has 4 amide bonds. The van der Waals surface area contributed by atoms with Gasteiger partial charge < -0.3 is 15.4 Å². The van der Waals surface area contributed by atoms with E-state index in [4.69, 9.17) is 4.74 Å². The third kappa shape index (κ3) is 6.47. The molecule has 130 valence electrons. The zero-order chi connectivity index (χ0) is 18.1. The van der Waals surface area contributed by atoms with Gasteiger partial charge in [0.15, 0.2) is 6.10 Å². The fourth-order valence-electron chi connectivity index (χ4n) is 1.69. The molecule has 0 aliphatic rings. The van der Waals surface area contributed by atoms with Crippen LogP contribution in [0.15, 0.2) is 24.3 Å². The molecule has 0 radical (unpaired) electrons. The lowest BCUT2D eigenvalue weighted by Gasteiger charge is -2.13. The van der Waals surface area contributed by atoms with Gasteiger partial charge in [0.05, 0.1) is 5.56 Å². The number of esters is 1. The van der Waals surface area contributed by atoms with Gasteiger partial charge in [0, 0.05) is 20.0 Å². The highest BCUT2D eigenvalue weighted by Gasteiger charge is 2.20. The first-order valence-electron chi connectivity index (χ1n) is 7.46. The molecule has 0 aliphatic carbocycles. The summed E-state index contributed by atoms with van der Waals surface area (Å²) in [6.07, 6.45) is -1.11. The minimum absolute atomic E-state index is 0.148. The number of hydrogen-bond acceptors (Lipinski definition) is 5. The largest absolute Gasteiger partial charge is 0.449 e. The number of nitrogens with one attached hydrogen (secondary N) is 3. The maximum absolute atomic E-state index is 12.0. The van der Waals surface area contributed by atoms with Crippen molar-refractivity contribution in [1.29, 1.82) is 0 Å². The van der Waals surface area contributed by atoms with Crippen molar-refractivity contribution in [2.75, 3.05) is 6.54 Å². The summed E-state index contributed by atoms with van der Waals surface area (Å²) in [4.78, 5) is 45.8. The summed E-state index contributed by atoms with van der Waals surface area (Å²) in [5.74, 6) is -1.54. The highest BCUT2D eigenvalue weighted by Crippen LogP contribution is 2.07. The second kappa shape index (κ2) is 9.29. The minimum Gasteiger partial charge on any atom is -0.449 e. The fourth-order valence-corrected chi connectivity index (χ4v) is 1.69. The molecule has 8 heteroatoms. The van der Waals surface area contributed by atoms with Gasteiger partial charge in [-0.3, -0.25) is 14.9 Å². The Balaban J connectivity index is 2.56. The minimum atomic E-state index is -1.11. The van der Waals surface area contributed by atoms with E-state index in [9.17, 15) is 19.2 Å². The standard InChI is InChI=1S/C16H21N3O5/c1-4-17-16(23)19-14(21)10(2)24-15(22)13-7-5-12(6-8-13)9-18-11(3)20/h5-8,10H,4,9H2,1-3H3,(H,18,20)(H2,17,19,21,23). The van der Waals surface area contributed by atoms with Crippen LogP contribution in [0.2, 0.25) is 0 Å². The van der Waals surface area contributed by atoms with Crippen LogP contribution < -0.4 is 16.0 Å². The van der Waals surface area contributed by atoms with Crippen LogP contribution in [0.25, 0.3) is 0 Å². The highest BCUT2D eigenvalue weighted by molar-refractivity contribution is 5.98. The molecule has 1 atom stereocenters. The molecule has 1 unspecified atom stereocenters. The first-order valence-corrected chi connectivity index (χ1v) is 7.46. The SMILES string of the molecule is CCNC(=O)NC(=O)C(C)OC(=O)c1ccc(CNC(C)=O)cc1. The summed E-state index contributed by atoms with van der Waals surface area (Å²) in [5, 5.41) is 7.11. The summed E-state index contributed by atoms with van der Waals surface area (Å²) >= 11 is 0. The molecule has 1 aromatic carbocycles. The van der Waals surface area contributed by atoms with Crippen molar-refractivity contribution in [3.8, 4) is 0 Å². The van der Waals surface area contributed by atoms with Crippen LogP contribution in [0.5, 0.6) is 0 Å². The molecule has 0 fully saturated rings. The molecular formula is C16H21N3O5. The monoisotopic (exact) mass is 335 g/mol. The Labute approximate surface area is 139 Å². The summed E-state index contributed by atoms with van der Waals surface area (Å²) in [6, 6.07) is 5.77. The summed E-state index contributed by atoms with van der Waals surface area (Å²) in [7, 11) is 0. The van der Waals surface area contributed by atoms with Gasteiger partial charge in [-0.15, -0.1) is 0 Å². The predicted molar refractivity (Wildman–Crippen MR) is 86.1 cm³/mol. The average molecular weight is 335 g/mol. The third-order valence-corrected chi connectivity index (χ3v) is 2.96. The Hall–Kier alpha value is -2.90. The maximum Gasteiger partial charge on any atom is 0.338 e. The first kappa shape index (κ1) is 19.1. The molecule has 0 saturated carbocycles. The van der Waals surface area contributed by atoms with Crippen molar-refractivity contribution in [2.45, 2.75) is 33.4 Å². The molecule has 8 nitrogen and oxygen atoms in total. The van der Waals surface area contributed by atoms with Gasteiger partial charge in [0.25, 0.3) is 5.91 Å². The molecule has 3 N–H and O–H groups in total. The molecule has 1 aromatic rings. The van der Waals surface area contributed by atoms with Crippen molar-refractivity contribution in [3.05, 3.63) is 35.4 Å². The van der Waals surface area contributed by atoms with Crippen LogP contribution in [-0.2, 0) is 20.9 Å². The normalized spacial score (nSPS) is 11.1. The second-order valence-corrected chi connectivity index (χ2v) is 5.00. The number of imide groups is 1. The average Bonchev–Trinajstić information content (AvgIpc) is 2.53. The molecule has 0 spiro atoms. The fraction of sp³-hybridized carbons (Fsp3) is 0.375. The number of urea groups is 1. The van der Waals surface area contributed by atoms with Crippen molar-refractivity contribution in [2.24, 2.45) is 0 Å². The van der Waals surface area contributed by atoms with Crippen LogP contribution in [0.3, 0.4) is 0 Å². The van der Waals surface area contributed by atoms with Crippen LogP contribution in [-0.4, -0.2) is 36.5 Å². The van der Waals surface area contributed by atoms with E-state index in [1.54, 1.807) is 19.1 Å². The van der Waals surface area contributed by atoms with Gasteiger partial charge in [-0.05, 0) is 31.5 Å². The number of benzene rings is 1. The lowest BCUT2D eigenvalue weighted by molar-refractivity contribution is -0.128. The Kier molecular flexibility index (Phi) is 7.41. The van der Waals surface area contributed by atoms with Gasteiger partial charge in [0.1, 0.15) is 0 Å². The van der Waals surface area contributed by atoms with Gasteiger partial charge in [-0.2, -0.15) is 0 Å². The molecular weight excluding hydrogens is 314 g/mol. The Bertz CT molecular complexity index is 613. The number of rotatable bonds is 6.